The molecule has 5 rings (SSSR count). The van der Waals surface area contributed by atoms with E-state index in [9.17, 15) is 4.79 Å². The Hall–Kier alpha value is -3.43. The van der Waals surface area contributed by atoms with Crippen molar-refractivity contribution in [2.45, 2.75) is 6.42 Å². The number of carbonyl (C=O) groups excluding carboxylic acids is 1. The molecule has 0 fully saturated rings. The molecule has 7 nitrogen and oxygen atoms in total. The fourth-order valence-corrected chi connectivity index (χ4v) is 4.96. The van der Waals surface area contributed by atoms with Crippen molar-refractivity contribution in [2.75, 3.05) is 26.1 Å². The van der Waals surface area contributed by atoms with Gasteiger partial charge in [-0.15, -0.1) is 22.7 Å². The number of ether oxygens (including phenoxy) is 3. The highest BCUT2D eigenvalue weighted by Gasteiger charge is 2.17. The summed E-state index contributed by atoms with van der Waals surface area (Å²) in [4.78, 5) is 21.8. The van der Waals surface area contributed by atoms with E-state index in [2.05, 4.69) is 21.4 Å². The molecule has 2 aromatic heterocycles. The maximum Gasteiger partial charge on any atom is 0.276 e. The van der Waals surface area contributed by atoms with Gasteiger partial charge in [-0.05, 0) is 42.0 Å². The molecule has 0 unspecified atom stereocenters. The van der Waals surface area contributed by atoms with E-state index < -0.39 is 0 Å². The third kappa shape index (κ3) is 3.92. The lowest BCUT2D eigenvalue weighted by Crippen LogP contribution is -2.12. The second kappa shape index (κ2) is 8.60. The van der Waals surface area contributed by atoms with Gasteiger partial charge in [-0.2, -0.15) is 0 Å². The van der Waals surface area contributed by atoms with E-state index in [0.717, 1.165) is 40.6 Å². The van der Waals surface area contributed by atoms with E-state index >= 15 is 0 Å². The Bertz CT molecular complexity index is 1300. The SMILES string of the molecule is COc1ccc(-c2nc(C(=O)Nc3nc(-c4ccc5c(c4)CCO5)cs3)cs2)cc1OC. The van der Waals surface area contributed by atoms with Gasteiger partial charge in [0, 0.05) is 28.3 Å². The highest BCUT2D eigenvalue weighted by Crippen LogP contribution is 2.34. The zero-order valence-corrected chi connectivity index (χ0v) is 19.0. The molecule has 9 heteroatoms. The van der Waals surface area contributed by atoms with Gasteiger partial charge in [0.2, 0.25) is 0 Å². The van der Waals surface area contributed by atoms with E-state index in [1.165, 1.54) is 28.2 Å². The summed E-state index contributed by atoms with van der Waals surface area (Å²) >= 11 is 2.77. The van der Waals surface area contributed by atoms with Crippen LogP contribution in [0.15, 0.2) is 47.2 Å². The van der Waals surface area contributed by atoms with Crippen LogP contribution in [0, 0.1) is 0 Å². The third-order valence-corrected chi connectivity index (χ3v) is 6.73. The molecule has 162 valence electrons. The van der Waals surface area contributed by atoms with Crippen molar-refractivity contribution >= 4 is 33.7 Å². The number of anilines is 1. The van der Waals surface area contributed by atoms with Crippen LogP contribution in [-0.4, -0.2) is 36.7 Å². The fraction of sp³-hybridized carbons (Fsp3) is 0.174. The second-order valence-electron chi connectivity index (χ2n) is 7.02. The number of benzene rings is 2. The molecule has 0 spiro atoms. The molecule has 0 atom stereocenters. The standard InChI is InChI=1S/C23H19N3O4S2/c1-28-19-6-4-15(10-20(19)29-2)22-24-17(12-31-22)21(27)26-23-25-16(11-32-23)13-3-5-18-14(9-13)7-8-30-18/h3-6,9-12H,7-8H2,1-2H3,(H,25,26,27). The van der Waals surface area contributed by atoms with Crippen LogP contribution in [0.3, 0.4) is 0 Å². The summed E-state index contributed by atoms with van der Waals surface area (Å²) in [5.74, 6) is 1.89. The van der Waals surface area contributed by atoms with Gasteiger partial charge in [0.15, 0.2) is 16.6 Å². The van der Waals surface area contributed by atoms with Crippen molar-refractivity contribution in [1.82, 2.24) is 9.97 Å². The number of thiazole rings is 2. The van der Waals surface area contributed by atoms with Crippen LogP contribution in [0.1, 0.15) is 16.1 Å². The molecule has 1 aliphatic rings. The molecule has 4 aromatic rings. The van der Waals surface area contributed by atoms with Crippen molar-refractivity contribution < 1.29 is 19.0 Å². The van der Waals surface area contributed by atoms with Crippen molar-refractivity contribution in [3.05, 3.63) is 58.4 Å². The minimum absolute atomic E-state index is 0.295. The van der Waals surface area contributed by atoms with E-state index in [1.54, 1.807) is 19.6 Å². The number of fused-ring (bicyclic) bond motifs is 1. The molecule has 1 aliphatic heterocycles. The lowest BCUT2D eigenvalue weighted by molar-refractivity contribution is 0.102. The normalized spacial score (nSPS) is 12.2. The average molecular weight is 466 g/mol. The van der Waals surface area contributed by atoms with Gasteiger partial charge in [-0.25, -0.2) is 9.97 Å². The average Bonchev–Trinajstić information content (AvgIpc) is 3.58. The highest BCUT2D eigenvalue weighted by atomic mass is 32.1. The molecule has 0 bridgehead atoms. The fourth-order valence-electron chi connectivity index (χ4n) is 3.45. The maximum atomic E-state index is 12.7. The van der Waals surface area contributed by atoms with Gasteiger partial charge >= 0.3 is 0 Å². The molecule has 32 heavy (non-hydrogen) atoms. The molecular formula is C23H19N3O4S2. The summed E-state index contributed by atoms with van der Waals surface area (Å²) in [6.07, 6.45) is 0.906. The van der Waals surface area contributed by atoms with Gasteiger partial charge in [0.25, 0.3) is 5.91 Å². The van der Waals surface area contributed by atoms with Crippen LogP contribution in [0.5, 0.6) is 17.2 Å². The molecule has 1 amide bonds. The van der Waals surface area contributed by atoms with Crippen LogP contribution >= 0.6 is 22.7 Å². The first-order valence-electron chi connectivity index (χ1n) is 9.85. The molecular weight excluding hydrogens is 446 g/mol. The number of rotatable bonds is 6. The Morgan fingerprint density at radius 3 is 2.69 bits per heavy atom. The predicted octanol–water partition coefficient (Wildman–Crippen LogP) is 5.14. The zero-order chi connectivity index (χ0) is 22.1. The molecule has 1 N–H and O–H groups in total. The largest absolute Gasteiger partial charge is 0.493 e. The summed E-state index contributed by atoms with van der Waals surface area (Å²) in [7, 11) is 3.17. The van der Waals surface area contributed by atoms with Crippen molar-refractivity contribution in [1.29, 1.82) is 0 Å². The number of methoxy groups -OCH3 is 2. The number of hydrogen-bond acceptors (Lipinski definition) is 8. The van der Waals surface area contributed by atoms with Crippen molar-refractivity contribution in [3.8, 4) is 39.1 Å². The molecule has 0 radical (unpaired) electrons. The second-order valence-corrected chi connectivity index (χ2v) is 8.74. The minimum Gasteiger partial charge on any atom is -0.493 e. The van der Waals surface area contributed by atoms with Crippen LogP contribution < -0.4 is 19.5 Å². The summed E-state index contributed by atoms with van der Waals surface area (Å²) in [6, 6.07) is 11.6. The summed E-state index contributed by atoms with van der Waals surface area (Å²) in [6.45, 7) is 0.718. The summed E-state index contributed by atoms with van der Waals surface area (Å²) in [5.41, 5.74) is 4.21. The maximum absolute atomic E-state index is 12.7. The Morgan fingerprint density at radius 1 is 1.00 bits per heavy atom. The Labute approximate surface area is 192 Å². The highest BCUT2D eigenvalue weighted by molar-refractivity contribution is 7.14. The quantitative estimate of drug-likeness (QED) is 0.425. The monoisotopic (exact) mass is 465 g/mol. The smallest absolute Gasteiger partial charge is 0.276 e. The van der Waals surface area contributed by atoms with Crippen LogP contribution in [0.25, 0.3) is 21.8 Å². The van der Waals surface area contributed by atoms with Crippen molar-refractivity contribution in [3.63, 3.8) is 0 Å². The predicted molar refractivity (Wildman–Crippen MR) is 125 cm³/mol. The van der Waals surface area contributed by atoms with Crippen LogP contribution in [0.4, 0.5) is 5.13 Å². The zero-order valence-electron chi connectivity index (χ0n) is 17.4. The Kier molecular flexibility index (Phi) is 5.50. The third-order valence-electron chi connectivity index (χ3n) is 5.08. The van der Waals surface area contributed by atoms with Crippen molar-refractivity contribution in [2.24, 2.45) is 0 Å². The first-order valence-corrected chi connectivity index (χ1v) is 11.6. The first kappa shape index (κ1) is 20.5. The molecule has 2 aromatic carbocycles. The summed E-state index contributed by atoms with van der Waals surface area (Å²) in [5, 5.41) is 7.76. The van der Waals surface area contributed by atoms with E-state index in [0.29, 0.717) is 22.3 Å². The lowest BCUT2D eigenvalue weighted by Gasteiger charge is -2.08. The number of nitrogens with zero attached hydrogens (tertiary/aromatic N) is 2. The van der Waals surface area contributed by atoms with Crippen LogP contribution in [-0.2, 0) is 6.42 Å². The number of hydrogen-bond donors (Lipinski definition) is 1. The van der Waals surface area contributed by atoms with Gasteiger partial charge in [-0.3, -0.25) is 10.1 Å². The van der Waals surface area contributed by atoms with E-state index in [4.69, 9.17) is 14.2 Å². The van der Waals surface area contributed by atoms with E-state index in [1.807, 2.05) is 35.7 Å². The number of nitrogens with one attached hydrogen (secondary N) is 1. The topological polar surface area (TPSA) is 82.6 Å². The van der Waals surface area contributed by atoms with Gasteiger partial charge in [0.05, 0.1) is 26.5 Å². The minimum atomic E-state index is -0.295. The van der Waals surface area contributed by atoms with Gasteiger partial charge in [-0.1, -0.05) is 0 Å². The van der Waals surface area contributed by atoms with Crippen LogP contribution in [0.2, 0.25) is 0 Å². The number of amides is 1. The molecule has 3 heterocycles. The molecule has 0 aliphatic carbocycles. The lowest BCUT2D eigenvalue weighted by atomic mass is 10.1. The number of carbonyl (C=O) groups is 1. The first-order chi connectivity index (χ1) is 15.6. The summed E-state index contributed by atoms with van der Waals surface area (Å²) < 4.78 is 16.2. The molecule has 0 saturated carbocycles. The van der Waals surface area contributed by atoms with E-state index in [-0.39, 0.29) is 5.91 Å². The van der Waals surface area contributed by atoms with Gasteiger partial charge in [0.1, 0.15) is 16.5 Å². The molecule has 0 saturated heterocycles. The number of aromatic nitrogens is 2. The Morgan fingerprint density at radius 2 is 1.84 bits per heavy atom. The Balaban J connectivity index is 1.31. The van der Waals surface area contributed by atoms with Gasteiger partial charge < -0.3 is 14.2 Å².